The third-order valence-electron chi connectivity index (χ3n) is 4.52. The van der Waals surface area contributed by atoms with E-state index in [4.69, 9.17) is 4.74 Å². The van der Waals surface area contributed by atoms with Crippen LogP contribution in [0, 0.1) is 5.92 Å². The van der Waals surface area contributed by atoms with Gasteiger partial charge in [-0.05, 0) is 18.4 Å². The van der Waals surface area contributed by atoms with E-state index < -0.39 is 0 Å². The van der Waals surface area contributed by atoms with Crippen molar-refractivity contribution >= 4 is 35.8 Å². The van der Waals surface area contributed by atoms with Crippen LogP contribution in [-0.4, -0.2) is 56.1 Å². The zero-order chi connectivity index (χ0) is 18.8. The van der Waals surface area contributed by atoms with Gasteiger partial charge in [-0.25, -0.2) is 0 Å². The molecule has 0 aromatic heterocycles. The maximum absolute atomic E-state index is 12.0. The highest BCUT2D eigenvalue weighted by molar-refractivity contribution is 14.0. The standard InChI is InChI=1S/C20H32N4O2.HI/c1-16(2)19(25)24-12-9-18(10-13-24)23-20(21-3)22-11-14-26-15-17-7-5-4-6-8-17;/h4-8,16,18H,9-15H2,1-3H3,(H2,21,22,23);1H. The number of hydrogen-bond acceptors (Lipinski definition) is 3. The van der Waals surface area contributed by atoms with Gasteiger partial charge in [-0.1, -0.05) is 44.2 Å². The molecular formula is C20H33IN4O2. The number of likely N-dealkylation sites (tertiary alicyclic amines) is 1. The Balaban J connectivity index is 0.00000364. The number of nitrogens with zero attached hydrogens (tertiary/aromatic N) is 2. The summed E-state index contributed by atoms with van der Waals surface area (Å²) in [6.45, 7) is 7.49. The summed E-state index contributed by atoms with van der Waals surface area (Å²) >= 11 is 0. The van der Waals surface area contributed by atoms with Gasteiger partial charge in [0.25, 0.3) is 0 Å². The van der Waals surface area contributed by atoms with Crippen LogP contribution < -0.4 is 10.6 Å². The summed E-state index contributed by atoms with van der Waals surface area (Å²) in [6.07, 6.45) is 1.90. The van der Waals surface area contributed by atoms with Crippen molar-refractivity contribution in [3.63, 3.8) is 0 Å². The van der Waals surface area contributed by atoms with Gasteiger partial charge in [-0.2, -0.15) is 0 Å². The molecule has 1 saturated heterocycles. The van der Waals surface area contributed by atoms with Crippen molar-refractivity contribution in [3.05, 3.63) is 35.9 Å². The molecule has 0 atom stereocenters. The molecule has 1 aromatic rings. The van der Waals surface area contributed by atoms with Crippen molar-refractivity contribution < 1.29 is 9.53 Å². The molecule has 0 spiro atoms. The molecule has 0 aliphatic carbocycles. The van der Waals surface area contributed by atoms with Gasteiger partial charge in [0.15, 0.2) is 5.96 Å². The second-order valence-electron chi connectivity index (χ2n) is 6.94. The maximum atomic E-state index is 12.0. The van der Waals surface area contributed by atoms with Crippen molar-refractivity contribution in [3.8, 4) is 0 Å². The summed E-state index contributed by atoms with van der Waals surface area (Å²) in [7, 11) is 1.78. The number of rotatable bonds is 7. The summed E-state index contributed by atoms with van der Waals surface area (Å²) in [5.41, 5.74) is 1.18. The number of hydrogen-bond donors (Lipinski definition) is 2. The number of aliphatic imine (C=N–C) groups is 1. The molecule has 2 rings (SSSR count). The average molecular weight is 488 g/mol. The Morgan fingerprint density at radius 1 is 1.26 bits per heavy atom. The SMILES string of the molecule is CN=C(NCCOCc1ccccc1)NC1CCN(C(=O)C(C)C)CC1.I. The molecule has 1 fully saturated rings. The number of amides is 1. The Labute approximate surface area is 180 Å². The van der Waals surface area contributed by atoms with E-state index in [9.17, 15) is 4.79 Å². The third kappa shape index (κ3) is 8.47. The molecule has 1 aromatic carbocycles. The zero-order valence-corrected chi connectivity index (χ0v) is 18.9. The number of piperidine rings is 1. The highest BCUT2D eigenvalue weighted by Gasteiger charge is 2.24. The van der Waals surface area contributed by atoms with Crippen molar-refractivity contribution in [1.82, 2.24) is 15.5 Å². The number of carbonyl (C=O) groups excluding carboxylic acids is 1. The Morgan fingerprint density at radius 2 is 1.93 bits per heavy atom. The molecule has 1 aliphatic heterocycles. The number of nitrogens with one attached hydrogen (secondary N) is 2. The van der Waals surface area contributed by atoms with Gasteiger partial charge in [0.05, 0.1) is 13.2 Å². The van der Waals surface area contributed by atoms with Crippen LogP contribution >= 0.6 is 24.0 Å². The largest absolute Gasteiger partial charge is 0.375 e. The van der Waals surface area contributed by atoms with Crippen LogP contribution in [-0.2, 0) is 16.1 Å². The molecule has 0 radical (unpaired) electrons. The first-order valence-corrected chi connectivity index (χ1v) is 9.47. The minimum absolute atomic E-state index is 0. The monoisotopic (exact) mass is 488 g/mol. The van der Waals surface area contributed by atoms with E-state index in [0.29, 0.717) is 25.8 Å². The highest BCUT2D eigenvalue weighted by Crippen LogP contribution is 2.13. The Hall–Kier alpha value is -1.35. The quantitative estimate of drug-likeness (QED) is 0.268. The molecule has 2 N–H and O–H groups in total. The van der Waals surface area contributed by atoms with E-state index in [0.717, 1.165) is 31.9 Å². The minimum atomic E-state index is 0. The molecule has 7 heteroatoms. The molecule has 6 nitrogen and oxygen atoms in total. The summed E-state index contributed by atoms with van der Waals surface area (Å²) in [5.74, 6) is 1.12. The van der Waals surface area contributed by atoms with E-state index in [1.165, 1.54) is 5.56 Å². The predicted octanol–water partition coefficient (Wildman–Crippen LogP) is 2.63. The molecule has 27 heavy (non-hydrogen) atoms. The Kier molecular flexibility index (Phi) is 11.3. The van der Waals surface area contributed by atoms with Crippen molar-refractivity contribution in [1.29, 1.82) is 0 Å². The van der Waals surface area contributed by atoms with Crippen LogP contribution in [0.2, 0.25) is 0 Å². The van der Waals surface area contributed by atoms with Gasteiger partial charge in [0, 0.05) is 38.6 Å². The first-order valence-electron chi connectivity index (χ1n) is 9.47. The molecule has 1 aliphatic rings. The van der Waals surface area contributed by atoms with Crippen molar-refractivity contribution in [2.45, 2.75) is 39.3 Å². The lowest BCUT2D eigenvalue weighted by atomic mass is 10.0. The van der Waals surface area contributed by atoms with Gasteiger partial charge in [-0.15, -0.1) is 24.0 Å². The van der Waals surface area contributed by atoms with Crippen LogP contribution in [0.25, 0.3) is 0 Å². The number of guanidine groups is 1. The maximum Gasteiger partial charge on any atom is 0.225 e. The van der Waals surface area contributed by atoms with Crippen LogP contribution in [0.3, 0.4) is 0 Å². The fourth-order valence-electron chi connectivity index (χ4n) is 3.00. The zero-order valence-electron chi connectivity index (χ0n) is 16.6. The lowest BCUT2D eigenvalue weighted by Crippen LogP contribution is -2.50. The molecule has 1 heterocycles. The number of benzene rings is 1. The Morgan fingerprint density at radius 3 is 2.52 bits per heavy atom. The smallest absolute Gasteiger partial charge is 0.225 e. The lowest BCUT2D eigenvalue weighted by Gasteiger charge is -2.34. The van der Waals surface area contributed by atoms with E-state index >= 15 is 0 Å². The number of ether oxygens (including phenoxy) is 1. The first-order chi connectivity index (χ1) is 12.6. The topological polar surface area (TPSA) is 66.0 Å². The third-order valence-corrected chi connectivity index (χ3v) is 4.52. The predicted molar refractivity (Wildman–Crippen MR) is 120 cm³/mol. The molecule has 0 unspecified atom stereocenters. The van der Waals surface area contributed by atoms with Crippen LogP contribution in [0.4, 0.5) is 0 Å². The van der Waals surface area contributed by atoms with Gasteiger partial charge < -0.3 is 20.3 Å². The minimum Gasteiger partial charge on any atom is -0.375 e. The fraction of sp³-hybridized carbons (Fsp3) is 0.600. The second-order valence-corrected chi connectivity index (χ2v) is 6.94. The molecular weight excluding hydrogens is 455 g/mol. The summed E-state index contributed by atoms with van der Waals surface area (Å²) < 4.78 is 5.68. The van der Waals surface area contributed by atoms with Crippen LogP contribution in [0.1, 0.15) is 32.3 Å². The summed E-state index contributed by atoms with van der Waals surface area (Å²) in [6, 6.07) is 10.5. The van der Waals surface area contributed by atoms with Crippen molar-refractivity contribution in [2.75, 3.05) is 33.3 Å². The first kappa shape index (κ1) is 23.7. The van der Waals surface area contributed by atoms with E-state index in [1.54, 1.807) is 7.05 Å². The molecule has 0 saturated carbocycles. The van der Waals surface area contributed by atoms with Gasteiger partial charge in [-0.3, -0.25) is 9.79 Å². The molecule has 152 valence electrons. The Bertz CT molecular complexity index is 573. The van der Waals surface area contributed by atoms with Crippen LogP contribution in [0.15, 0.2) is 35.3 Å². The normalized spacial score (nSPS) is 15.4. The number of carbonyl (C=O) groups is 1. The summed E-state index contributed by atoms with van der Waals surface area (Å²) in [4.78, 5) is 18.3. The highest BCUT2D eigenvalue weighted by atomic mass is 127. The average Bonchev–Trinajstić information content (AvgIpc) is 2.67. The molecule has 1 amide bonds. The van der Waals surface area contributed by atoms with Gasteiger partial charge in [0.2, 0.25) is 5.91 Å². The van der Waals surface area contributed by atoms with E-state index in [2.05, 4.69) is 27.8 Å². The van der Waals surface area contributed by atoms with E-state index in [-0.39, 0.29) is 35.8 Å². The second kappa shape index (κ2) is 12.9. The number of halogens is 1. The van der Waals surface area contributed by atoms with E-state index in [1.807, 2.05) is 36.9 Å². The van der Waals surface area contributed by atoms with Gasteiger partial charge >= 0.3 is 0 Å². The molecule has 0 bridgehead atoms. The fourth-order valence-corrected chi connectivity index (χ4v) is 3.00. The summed E-state index contributed by atoms with van der Waals surface area (Å²) in [5, 5.41) is 6.74. The van der Waals surface area contributed by atoms with Crippen molar-refractivity contribution in [2.24, 2.45) is 10.9 Å². The van der Waals surface area contributed by atoms with Crippen LogP contribution in [0.5, 0.6) is 0 Å². The van der Waals surface area contributed by atoms with Gasteiger partial charge in [0.1, 0.15) is 0 Å². The lowest BCUT2D eigenvalue weighted by molar-refractivity contribution is -0.135.